The van der Waals surface area contributed by atoms with E-state index < -0.39 is 54.3 Å². The molecule has 0 bridgehead atoms. The van der Waals surface area contributed by atoms with Gasteiger partial charge in [0, 0.05) is 12.3 Å². The number of hydrogen-bond donors (Lipinski definition) is 5. The summed E-state index contributed by atoms with van der Waals surface area (Å²) in [7, 11) is 0. The van der Waals surface area contributed by atoms with E-state index >= 15 is 0 Å². The summed E-state index contributed by atoms with van der Waals surface area (Å²) in [6.07, 6.45) is -2.12. The molecule has 1 fully saturated rings. The SMILES string of the molecule is CC(N)C(=O)NC1C(O)[C@@H](CO)O[C@H]1n1ccc(=O)[nH]c1=O. The molecule has 22 heavy (non-hydrogen) atoms. The number of H-pyrrole nitrogens is 1. The quantitative estimate of drug-likeness (QED) is 0.387. The predicted octanol–water partition coefficient (Wildman–Crippen LogP) is -3.38. The van der Waals surface area contributed by atoms with Crippen LogP contribution in [0.1, 0.15) is 13.2 Å². The van der Waals surface area contributed by atoms with E-state index in [1.807, 2.05) is 0 Å². The van der Waals surface area contributed by atoms with Gasteiger partial charge in [0.2, 0.25) is 5.91 Å². The van der Waals surface area contributed by atoms with Crippen LogP contribution >= 0.6 is 0 Å². The molecule has 1 aromatic heterocycles. The van der Waals surface area contributed by atoms with Crippen LogP contribution in [0, 0.1) is 0 Å². The number of amides is 1. The van der Waals surface area contributed by atoms with Crippen LogP contribution in [0.2, 0.25) is 0 Å². The molecule has 2 rings (SSSR count). The van der Waals surface area contributed by atoms with Crippen molar-refractivity contribution < 1.29 is 19.7 Å². The summed E-state index contributed by atoms with van der Waals surface area (Å²) in [6.45, 7) is 0.961. The Kier molecular flexibility index (Phi) is 4.76. The van der Waals surface area contributed by atoms with Crippen molar-refractivity contribution in [2.24, 2.45) is 5.73 Å². The molecule has 0 aliphatic carbocycles. The molecule has 0 saturated carbocycles. The number of nitrogens with zero attached hydrogens (tertiary/aromatic N) is 1. The number of rotatable bonds is 4. The van der Waals surface area contributed by atoms with Crippen LogP contribution in [0.25, 0.3) is 0 Å². The van der Waals surface area contributed by atoms with Gasteiger partial charge in [0.1, 0.15) is 18.2 Å². The monoisotopic (exact) mass is 314 g/mol. The van der Waals surface area contributed by atoms with Crippen molar-refractivity contribution in [1.82, 2.24) is 14.9 Å². The number of aromatic nitrogens is 2. The summed E-state index contributed by atoms with van der Waals surface area (Å²) in [5.41, 5.74) is 4.11. The lowest BCUT2D eigenvalue weighted by molar-refractivity contribution is -0.124. The first-order chi connectivity index (χ1) is 10.3. The number of carbonyl (C=O) groups excluding carboxylic acids is 1. The van der Waals surface area contributed by atoms with Crippen LogP contribution in [0.4, 0.5) is 0 Å². The molecule has 10 heteroatoms. The van der Waals surface area contributed by atoms with Gasteiger partial charge in [-0.2, -0.15) is 0 Å². The van der Waals surface area contributed by atoms with Gasteiger partial charge in [-0.25, -0.2) is 4.79 Å². The first-order valence-electron chi connectivity index (χ1n) is 6.67. The molecule has 3 unspecified atom stereocenters. The number of nitrogens with two attached hydrogens (primary N) is 1. The van der Waals surface area contributed by atoms with Crippen molar-refractivity contribution >= 4 is 5.91 Å². The fourth-order valence-electron chi connectivity index (χ4n) is 2.21. The van der Waals surface area contributed by atoms with Crippen LogP contribution in [-0.2, 0) is 9.53 Å². The molecule has 0 radical (unpaired) electrons. The Hall–Kier alpha value is -2.01. The van der Waals surface area contributed by atoms with Crippen molar-refractivity contribution in [1.29, 1.82) is 0 Å². The number of aliphatic hydroxyl groups is 2. The molecular weight excluding hydrogens is 296 g/mol. The van der Waals surface area contributed by atoms with Crippen LogP contribution in [0.15, 0.2) is 21.9 Å². The van der Waals surface area contributed by atoms with E-state index in [1.165, 1.54) is 13.1 Å². The number of ether oxygens (including phenoxy) is 1. The van der Waals surface area contributed by atoms with Crippen molar-refractivity contribution in [2.45, 2.75) is 37.4 Å². The summed E-state index contributed by atoms with van der Waals surface area (Å²) in [5.74, 6) is -0.547. The minimum Gasteiger partial charge on any atom is -0.394 e. The fourth-order valence-corrected chi connectivity index (χ4v) is 2.21. The van der Waals surface area contributed by atoms with Crippen molar-refractivity contribution in [3.63, 3.8) is 0 Å². The molecule has 1 aromatic rings. The average Bonchev–Trinajstić information content (AvgIpc) is 2.76. The molecule has 122 valence electrons. The molecular formula is C12H18N4O6. The second kappa shape index (κ2) is 6.40. The third-order valence-corrected chi connectivity index (χ3v) is 3.40. The van der Waals surface area contributed by atoms with E-state index in [1.54, 1.807) is 0 Å². The Bertz CT molecular complexity index is 654. The molecule has 1 amide bonds. The van der Waals surface area contributed by atoms with Gasteiger partial charge >= 0.3 is 5.69 Å². The van der Waals surface area contributed by atoms with E-state index in [2.05, 4.69) is 10.3 Å². The zero-order chi connectivity index (χ0) is 16.4. The lowest BCUT2D eigenvalue weighted by atomic mass is 10.1. The fraction of sp³-hybridized carbons (Fsp3) is 0.583. The maximum atomic E-state index is 11.8. The van der Waals surface area contributed by atoms with Crippen LogP contribution in [0.3, 0.4) is 0 Å². The van der Waals surface area contributed by atoms with Crippen LogP contribution in [0.5, 0.6) is 0 Å². The van der Waals surface area contributed by atoms with Crippen molar-refractivity contribution in [3.8, 4) is 0 Å². The van der Waals surface area contributed by atoms with Crippen molar-refractivity contribution in [2.75, 3.05) is 6.61 Å². The van der Waals surface area contributed by atoms with Gasteiger partial charge in [0.15, 0.2) is 6.23 Å². The number of aromatic amines is 1. The molecule has 10 nitrogen and oxygen atoms in total. The second-order valence-corrected chi connectivity index (χ2v) is 5.08. The van der Waals surface area contributed by atoms with Gasteiger partial charge in [-0.05, 0) is 6.92 Å². The Balaban J connectivity index is 2.35. The third-order valence-electron chi connectivity index (χ3n) is 3.40. The maximum absolute atomic E-state index is 11.8. The third kappa shape index (κ3) is 3.09. The van der Waals surface area contributed by atoms with E-state index in [0.29, 0.717) is 0 Å². The van der Waals surface area contributed by atoms with Gasteiger partial charge in [0.25, 0.3) is 5.56 Å². The zero-order valence-electron chi connectivity index (χ0n) is 11.8. The molecule has 2 heterocycles. The average molecular weight is 314 g/mol. The highest BCUT2D eigenvalue weighted by Gasteiger charge is 2.45. The summed E-state index contributed by atoms with van der Waals surface area (Å²) in [5, 5.41) is 21.8. The Morgan fingerprint density at radius 1 is 1.59 bits per heavy atom. The molecule has 1 aliphatic heterocycles. The molecule has 1 saturated heterocycles. The summed E-state index contributed by atoms with van der Waals surface area (Å²) < 4.78 is 6.43. The topological polar surface area (TPSA) is 160 Å². The minimum atomic E-state index is -1.24. The van der Waals surface area contributed by atoms with Gasteiger partial charge in [-0.1, -0.05) is 0 Å². The Morgan fingerprint density at radius 3 is 2.82 bits per heavy atom. The van der Waals surface area contributed by atoms with Gasteiger partial charge in [-0.15, -0.1) is 0 Å². The largest absolute Gasteiger partial charge is 0.394 e. The molecule has 6 N–H and O–H groups in total. The second-order valence-electron chi connectivity index (χ2n) is 5.08. The van der Waals surface area contributed by atoms with Gasteiger partial charge in [-0.3, -0.25) is 19.1 Å². The molecule has 0 aromatic carbocycles. The highest BCUT2D eigenvalue weighted by molar-refractivity contribution is 5.81. The Labute approximate surface area is 124 Å². The van der Waals surface area contributed by atoms with Crippen LogP contribution < -0.4 is 22.3 Å². The number of aliphatic hydroxyl groups excluding tert-OH is 2. The zero-order valence-corrected chi connectivity index (χ0v) is 11.8. The van der Waals surface area contributed by atoms with E-state index in [4.69, 9.17) is 10.5 Å². The highest BCUT2D eigenvalue weighted by atomic mass is 16.5. The standard InChI is InChI=1S/C12H18N4O6/c1-5(13)10(20)15-8-9(19)6(4-17)22-11(8)16-3-2-7(18)14-12(16)21/h2-3,5-6,8-9,11,17,19H,4,13H2,1H3,(H,15,20)(H,14,18,21)/t5?,6-,8?,9?,11-/m1/s1. The minimum absolute atomic E-state index is 0.500. The van der Waals surface area contributed by atoms with E-state index in [9.17, 15) is 24.6 Å². The van der Waals surface area contributed by atoms with Crippen LogP contribution in [-0.4, -0.2) is 56.6 Å². The maximum Gasteiger partial charge on any atom is 0.330 e. The summed E-state index contributed by atoms with van der Waals surface area (Å²) in [4.78, 5) is 36.7. The number of carbonyl (C=O) groups is 1. The predicted molar refractivity (Wildman–Crippen MR) is 73.9 cm³/mol. The molecule has 1 aliphatic rings. The first kappa shape index (κ1) is 16.4. The van der Waals surface area contributed by atoms with Crippen molar-refractivity contribution in [3.05, 3.63) is 33.1 Å². The number of nitrogens with one attached hydrogen (secondary N) is 2. The lowest BCUT2D eigenvalue weighted by Crippen LogP contribution is -2.52. The smallest absolute Gasteiger partial charge is 0.330 e. The Morgan fingerprint density at radius 2 is 2.27 bits per heavy atom. The van der Waals surface area contributed by atoms with Gasteiger partial charge in [0.05, 0.1) is 12.6 Å². The normalized spacial score (nSPS) is 29.3. The van der Waals surface area contributed by atoms with E-state index in [0.717, 1.165) is 10.6 Å². The molecule has 5 atom stereocenters. The first-order valence-corrected chi connectivity index (χ1v) is 6.67. The molecule has 0 spiro atoms. The van der Waals surface area contributed by atoms with Gasteiger partial charge < -0.3 is 26.0 Å². The summed E-state index contributed by atoms with van der Waals surface area (Å²) >= 11 is 0. The van der Waals surface area contributed by atoms with E-state index in [-0.39, 0.29) is 0 Å². The lowest BCUT2D eigenvalue weighted by Gasteiger charge is -2.23. The summed E-state index contributed by atoms with van der Waals surface area (Å²) in [6, 6.07) is -0.721. The highest BCUT2D eigenvalue weighted by Crippen LogP contribution is 2.28. The number of hydrogen-bond acceptors (Lipinski definition) is 7.